The quantitative estimate of drug-likeness (QED) is 0.726. The molecular formula is C21H21N3O2S. The summed E-state index contributed by atoms with van der Waals surface area (Å²) in [6.45, 7) is 3.23. The Hall–Kier alpha value is -2.86. The number of carbonyl (C=O) groups is 1. The average Bonchev–Trinajstić information content (AvgIpc) is 3.30. The zero-order chi connectivity index (χ0) is 18.8. The van der Waals surface area contributed by atoms with E-state index in [9.17, 15) is 4.79 Å². The normalized spacial score (nSPS) is 12.7. The standard InChI is InChI=1S/C21H21N3O2S/c1-14-19(20(25)22-13-15-7-4-3-5-8-15)27-21(23-14)24-12-11-16-9-6-10-17(26-2)18(16)24/h3-10H,11-13H2,1-2H3,(H,22,25). The topological polar surface area (TPSA) is 54.5 Å². The Kier molecular flexibility index (Phi) is 4.81. The number of para-hydroxylation sites is 1. The molecule has 0 fully saturated rings. The molecule has 5 nitrogen and oxygen atoms in total. The Morgan fingerprint density at radius 2 is 2.04 bits per heavy atom. The first-order valence-electron chi connectivity index (χ1n) is 8.90. The van der Waals surface area contributed by atoms with E-state index < -0.39 is 0 Å². The van der Waals surface area contributed by atoms with Crippen molar-refractivity contribution in [3.8, 4) is 5.75 Å². The van der Waals surface area contributed by atoms with Crippen LogP contribution in [0.4, 0.5) is 10.8 Å². The second-order valence-corrected chi connectivity index (χ2v) is 7.43. The Morgan fingerprint density at radius 1 is 1.22 bits per heavy atom. The first kappa shape index (κ1) is 17.5. The molecule has 4 rings (SSSR count). The van der Waals surface area contributed by atoms with Gasteiger partial charge >= 0.3 is 0 Å². The number of aryl methyl sites for hydroxylation is 1. The number of hydrogen-bond donors (Lipinski definition) is 1. The third-order valence-electron chi connectivity index (χ3n) is 4.70. The number of nitrogens with one attached hydrogen (secondary N) is 1. The third kappa shape index (κ3) is 3.40. The van der Waals surface area contributed by atoms with Gasteiger partial charge in [0.25, 0.3) is 5.91 Å². The van der Waals surface area contributed by atoms with Gasteiger partial charge in [0.15, 0.2) is 5.13 Å². The monoisotopic (exact) mass is 379 g/mol. The summed E-state index contributed by atoms with van der Waals surface area (Å²) in [4.78, 5) is 20.1. The summed E-state index contributed by atoms with van der Waals surface area (Å²) < 4.78 is 5.54. The lowest BCUT2D eigenvalue weighted by atomic mass is 10.1. The van der Waals surface area contributed by atoms with Crippen LogP contribution in [0.5, 0.6) is 5.75 Å². The number of benzene rings is 2. The number of anilines is 2. The number of methoxy groups -OCH3 is 1. The van der Waals surface area contributed by atoms with Gasteiger partial charge < -0.3 is 15.0 Å². The lowest BCUT2D eigenvalue weighted by molar-refractivity contribution is 0.0954. The van der Waals surface area contributed by atoms with Crippen LogP contribution in [0.1, 0.15) is 26.5 Å². The Bertz CT molecular complexity index is 969. The zero-order valence-corrected chi connectivity index (χ0v) is 16.2. The van der Waals surface area contributed by atoms with Gasteiger partial charge in [-0.3, -0.25) is 4.79 Å². The highest BCUT2D eigenvalue weighted by Gasteiger charge is 2.28. The number of nitrogens with zero attached hydrogens (tertiary/aromatic N) is 2. The minimum Gasteiger partial charge on any atom is -0.495 e. The number of thiazole rings is 1. The number of ether oxygens (including phenoxy) is 1. The minimum atomic E-state index is -0.0837. The van der Waals surface area contributed by atoms with Gasteiger partial charge in [0.2, 0.25) is 0 Å². The maximum atomic E-state index is 12.7. The molecule has 27 heavy (non-hydrogen) atoms. The highest BCUT2D eigenvalue weighted by molar-refractivity contribution is 7.17. The molecule has 0 atom stereocenters. The van der Waals surface area contributed by atoms with Crippen LogP contribution >= 0.6 is 11.3 Å². The van der Waals surface area contributed by atoms with Crippen molar-refractivity contribution < 1.29 is 9.53 Å². The fourth-order valence-electron chi connectivity index (χ4n) is 3.34. The minimum absolute atomic E-state index is 0.0837. The molecule has 138 valence electrons. The molecule has 1 aliphatic rings. The fraction of sp³-hybridized carbons (Fsp3) is 0.238. The maximum absolute atomic E-state index is 12.7. The van der Waals surface area contributed by atoms with Crippen molar-refractivity contribution in [2.45, 2.75) is 19.9 Å². The van der Waals surface area contributed by atoms with Crippen LogP contribution in [0, 0.1) is 6.92 Å². The molecule has 6 heteroatoms. The van der Waals surface area contributed by atoms with Crippen molar-refractivity contribution in [1.82, 2.24) is 10.3 Å². The van der Waals surface area contributed by atoms with E-state index in [0.29, 0.717) is 11.4 Å². The van der Waals surface area contributed by atoms with E-state index in [4.69, 9.17) is 4.74 Å². The summed E-state index contributed by atoms with van der Waals surface area (Å²) in [6.07, 6.45) is 0.945. The second kappa shape index (κ2) is 7.40. The Morgan fingerprint density at radius 3 is 2.81 bits per heavy atom. The smallest absolute Gasteiger partial charge is 0.263 e. The molecule has 2 heterocycles. The highest BCUT2D eigenvalue weighted by Crippen LogP contribution is 2.43. The Balaban J connectivity index is 1.56. The maximum Gasteiger partial charge on any atom is 0.263 e. The van der Waals surface area contributed by atoms with Crippen LogP contribution in [-0.4, -0.2) is 24.5 Å². The zero-order valence-electron chi connectivity index (χ0n) is 15.4. The molecule has 1 aromatic heterocycles. The van der Waals surface area contributed by atoms with Crippen LogP contribution in [0.2, 0.25) is 0 Å². The fourth-order valence-corrected chi connectivity index (χ4v) is 4.36. The molecular weight excluding hydrogens is 358 g/mol. The average molecular weight is 379 g/mol. The molecule has 0 aliphatic carbocycles. The molecule has 1 aliphatic heterocycles. The van der Waals surface area contributed by atoms with Crippen molar-refractivity contribution in [3.63, 3.8) is 0 Å². The molecule has 0 radical (unpaired) electrons. The van der Waals surface area contributed by atoms with E-state index in [1.807, 2.05) is 49.4 Å². The van der Waals surface area contributed by atoms with Crippen molar-refractivity contribution in [1.29, 1.82) is 0 Å². The van der Waals surface area contributed by atoms with Crippen LogP contribution in [0.3, 0.4) is 0 Å². The van der Waals surface area contributed by atoms with Crippen LogP contribution in [0.25, 0.3) is 0 Å². The summed E-state index contributed by atoms with van der Waals surface area (Å²) in [5, 5.41) is 3.82. The number of fused-ring (bicyclic) bond motifs is 1. The Labute approximate surface area is 162 Å². The first-order valence-corrected chi connectivity index (χ1v) is 9.72. The molecule has 1 N–H and O–H groups in total. The summed E-state index contributed by atoms with van der Waals surface area (Å²) in [6, 6.07) is 16.0. The van der Waals surface area contributed by atoms with Gasteiger partial charge in [-0.05, 0) is 30.5 Å². The molecule has 0 saturated carbocycles. The number of hydrogen-bond acceptors (Lipinski definition) is 5. The lowest BCUT2D eigenvalue weighted by Gasteiger charge is -2.18. The van der Waals surface area contributed by atoms with Crippen LogP contribution in [0.15, 0.2) is 48.5 Å². The molecule has 1 amide bonds. The van der Waals surface area contributed by atoms with Crippen molar-refractivity contribution in [2.24, 2.45) is 0 Å². The number of amides is 1. The van der Waals surface area contributed by atoms with Crippen LogP contribution in [-0.2, 0) is 13.0 Å². The van der Waals surface area contributed by atoms with E-state index in [-0.39, 0.29) is 5.91 Å². The van der Waals surface area contributed by atoms with Crippen molar-refractivity contribution in [2.75, 3.05) is 18.6 Å². The predicted octanol–water partition coefficient (Wildman–Crippen LogP) is 4.08. The molecule has 0 spiro atoms. The van der Waals surface area contributed by atoms with Gasteiger partial charge in [-0.15, -0.1) is 0 Å². The summed E-state index contributed by atoms with van der Waals surface area (Å²) in [5.41, 5.74) is 4.14. The van der Waals surface area contributed by atoms with Gasteiger partial charge in [0.1, 0.15) is 10.6 Å². The van der Waals surface area contributed by atoms with Gasteiger partial charge in [-0.2, -0.15) is 0 Å². The summed E-state index contributed by atoms with van der Waals surface area (Å²) in [5.74, 6) is 0.757. The molecule has 0 saturated heterocycles. The summed E-state index contributed by atoms with van der Waals surface area (Å²) >= 11 is 1.43. The second-order valence-electron chi connectivity index (χ2n) is 6.45. The predicted molar refractivity (Wildman–Crippen MR) is 108 cm³/mol. The van der Waals surface area contributed by atoms with Crippen molar-refractivity contribution >= 4 is 28.1 Å². The number of carbonyl (C=O) groups excluding carboxylic acids is 1. The van der Waals surface area contributed by atoms with Gasteiger partial charge in [-0.25, -0.2) is 4.98 Å². The van der Waals surface area contributed by atoms with Gasteiger partial charge in [0.05, 0.1) is 18.5 Å². The largest absolute Gasteiger partial charge is 0.495 e. The van der Waals surface area contributed by atoms with E-state index in [0.717, 1.165) is 40.8 Å². The summed E-state index contributed by atoms with van der Waals surface area (Å²) in [7, 11) is 1.68. The molecule has 0 bridgehead atoms. The SMILES string of the molecule is COc1cccc2c1N(c1nc(C)c(C(=O)NCc3ccccc3)s1)CC2. The van der Waals surface area contributed by atoms with E-state index in [1.165, 1.54) is 16.9 Å². The third-order valence-corrected chi connectivity index (χ3v) is 5.87. The molecule has 0 unspecified atom stereocenters. The molecule has 2 aromatic carbocycles. The number of rotatable bonds is 5. The van der Waals surface area contributed by atoms with E-state index in [1.54, 1.807) is 7.11 Å². The van der Waals surface area contributed by atoms with E-state index in [2.05, 4.69) is 21.3 Å². The van der Waals surface area contributed by atoms with E-state index >= 15 is 0 Å². The first-order chi connectivity index (χ1) is 13.2. The van der Waals surface area contributed by atoms with Crippen LogP contribution < -0.4 is 15.0 Å². The van der Waals surface area contributed by atoms with Gasteiger partial charge in [-0.1, -0.05) is 53.8 Å². The lowest BCUT2D eigenvalue weighted by Crippen LogP contribution is -2.22. The number of aromatic nitrogens is 1. The molecule has 3 aromatic rings. The van der Waals surface area contributed by atoms with Crippen molar-refractivity contribution in [3.05, 3.63) is 70.2 Å². The highest BCUT2D eigenvalue weighted by atomic mass is 32.1. The van der Waals surface area contributed by atoms with Gasteiger partial charge in [0, 0.05) is 13.1 Å².